The Bertz CT molecular complexity index is 1310. The zero-order valence-corrected chi connectivity index (χ0v) is 26.6. The lowest BCUT2D eigenvalue weighted by atomic mass is 9.95. The van der Waals surface area contributed by atoms with Crippen LogP contribution in [0.4, 0.5) is 9.80 Å². The smallest absolute Gasteiger partial charge is 0.246 e. The van der Waals surface area contributed by atoms with Gasteiger partial charge in [-0.25, -0.2) is 0 Å². The number of nitrogens with zero attached hydrogens (tertiary/aromatic N) is 3. The Labute approximate surface area is 255 Å². The average molecular weight is 608 g/mol. The molecule has 2 aliphatic rings. The highest BCUT2D eigenvalue weighted by molar-refractivity contribution is 6.72. The number of carbonyl (C=O) groups excluding carboxylic acids is 1. The van der Waals surface area contributed by atoms with Gasteiger partial charge in [-0.05, 0) is 80.9 Å². The van der Waals surface area contributed by atoms with E-state index in [1.807, 2.05) is 48.7 Å². The number of ether oxygens (including phenoxy) is 1. The van der Waals surface area contributed by atoms with Crippen LogP contribution >= 0.6 is 0 Å². The first-order chi connectivity index (χ1) is 20.7. The summed E-state index contributed by atoms with van der Waals surface area (Å²) in [7, 11) is -2.99. The van der Waals surface area contributed by atoms with E-state index in [4.69, 9.17) is 4.74 Å². The summed E-state index contributed by atoms with van der Waals surface area (Å²) in [6.45, 7) is 7.98. The Morgan fingerprint density at radius 1 is 1.16 bits per heavy atom. The van der Waals surface area contributed by atoms with E-state index in [0.717, 1.165) is 55.7 Å². The van der Waals surface area contributed by atoms with Crippen LogP contribution in [0.25, 0.3) is 0 Å². The molecule has 0 aliphatic carbocycles. The van der Waals surface area contributed by atoms with Crippen LogP contribution in [0.2, 0.25) is 18.6 Å². The van der Waals surface area contributed by atoms with Crippen molar-refractivity contribution in [2.45, 2.75) is 82.3 Å². The Balaban J connectivity index is 1.16. The zero-order chi connectivity index (χ0) is 30.4. The normalized spacial score (nSPS) is 25.0. The molecule has 1 aromatic heterocycles. The number of rotatable bonds is 12. The fourth-order valence-electron chi connectivity index (χ4n) is 6.93. The van der Waals surface area contributed by atoms with Crippen molar-refractivity contribution >= 4 is 20.0 Å². The Morgan fingerprint density at radius 2 is 1.93 bits per heavy atom. The molecule has 6 atom stereocenters. The molecule has 2 aromatic carbocycles. The first-order valence-electron chi connectivity index (χ1n) is 15.7. The summed E-state index contributed by atoms with van der Waals surface area (Å²) in [6.07, 6.45) is 5.97. The molecule has 5 rings (SSSR count). The van der Waals surface area contributed by atoms with Gasteiger partial charge in [0.2, 0.25) is 14.3 Å². The van der Waals surface area contributed by atoms with Crippen molar-refractivity contribution in [2.24, 2.45) is 11.8 Å². The van der Waals surface area contributed by atoms with Crippen molar-refractivity contribution in [3.63, 3.8) is 0 Å². The standard InChI is InChI=1S/C33H46FN5O3Si/c1-23-30(16-13-24-11-14-27(15-12-24)36-33(41)26-10-7-18-35-20-26)42-31(32(23)43(2,3)34)17-19-39-21-29(37-38-39)28(22-40)25-8-5-4-6-9-25/h4-6,8-9,11-12,14-15,21,23,26,28,30-32,35,40H,7,10,13,16-20,22H2,1-3H3,(H,36,41)/t23-,26?,28?,30+,31-,32+/m1/s1. The summed E-state index contributed by atoms with van der Waals surface area (Å²) in [6, 6.07) is 17.9. The second-order valence-corrected chi connectivity index (χ2v) is 16.6. The van der Waals surface area contributed by atoms with Gasteiger partial charge in [0.25, 0.3) is 0 Å². The number of nitrogens with one attached hydrogen (secondary N) is 2. The van der Waals surface area contributed by atoms with Crippen LogP contribution in [0.3, 0.4) is 0 Å². The van der Waals surface area contributed by atoms with Crippen molar-refractivity contribution in [1.29, 1.82) is 0 Å². The van der Waals surface area contributed by atoms with Gasteiger partial charge in [0.1, 0.15) is 0 Å². The minimum Gasteiger partial charge on any atom is -0.395 e. The monoisotopic (exact) mass is 607 g/mol. The maximum absolute atomic E-state index is 15.6. The van der Waals surface area contributed by atoms with Gasteiger partial charge in [0, 0.05) is 30.5 Å². The molecule has 1 amide bonds. The third kappa shape index (κ3) is 7.97. The molecule has 2 unspecified atom stereocenters. The van der Waals surface area contributed by atoms with Gasteiger partial charge in [-0.1, -0.05) is 54.6 Å². The third-order valence-electron chi connectivity index (χ3n) is 9.24. The van der Waals surface area contributed by atoms with Gasteiger partial charge in [-0.3, -0.25) is 9.48 Å². The molecule has 0 saturated carbocycles. The SMILES string of the molecule is C[C@H]1[C@H]([Si](C)(C)F)[C@@H](CCn2cc(C(CO)c3ccccc3)nn2)O[C@H]1CCc1ccc(NC(=O)C2CCCNC2)cc1. The number of hydrogen-bond acceptors (Lipinski definition) is 6. The molecule has 8 nitrogen and oxygen atoms in total. The van der Waals surface area contributed by atoms with E-state index in [2.05, 4.69) is 40.0 Å². The highest BCUT2D eigenvalue weighted by Crippen LogP contribution is 2.47. The molecule has 3 heterocycles. The molecule has 10 heteroatoms. The number of benzene rings is 2. The number of hydrogen-bond donors (Lipinski definition) is 3. The molecule has 232 valence electrons. The third-order valence-corrected chi connectivity index (χ3v) is 11.7. The second kappa shape index (κ2) is 14.2. The van der Waals surface area contributed by atoms with Gasteiger partial charge >= 0.3 is 0 Å². The van der Waals surface area contributed by atoms with Crippen molar-refractivity contribution < 1.29 is 18.7 Å². The molecule has 3 N–H and O–H groups in total. The summed E-state index contributed by atoms with van der Waals surface area (Å²) in [5.74, 6) is 0.000695. The van der Waals surface area contributed by atoms with E-state index in [-0.39, 0.29) is 48.0 Å². The minimum atomic E-state index is -2.99. The summed E-state index contributed by atoms with van der Waals surface area (Å²) in [4.78, 5) is 12.6. The fourth-order valence-corrected chi connectivity index (χ4v) is 9.52. The highest BCUT2D eigenvalue weighted by atomic mass is 28.4. The Kier molecular flexibility index (Phi) is 10.4. The van der Waals surface area contributed by atoms with Crippen LogP contribution in [0, 0.1) is 11.8 Å². The van der Waals surface area contributed by atoms with Gasteiger partial charge in [-0.15, -0.1) is 5.10 Å². The van der Waals surface area contributed by atoms with Crippen molar-refractivity contribution in [1.82, 2.24) is 20.3 Å². The highest BCUT2D eigenvalue weighted by Gasteiger charge is 2.50. The average Bonchev–Trinajstić information content (AvgIpc) is 3.61. The van der Waals surface area contributed by atoms with Gasteiger partial charge < -0.3 is 24.6 Å². The molecule has 43 heavy (non-hydrogen) atoms. The van der Waals surface area contributed by atoms with Gasteiger partial charge in [-0.2, -0.15) is 0 Å². The van der Waals surface area contributed by atoms with Crippen molar-refractivity contribution in [3.8, 4) is 0 Å². The topological polar surface area (TPSA) is 101 Å². The maximum Gasteiger partial charge on any atom is 0.246 e. The predicted molar refractivity (Wildman–Crippen MR) is 169 cm³/mol. The molecule has 2 fully saturated rings. The summed E-state index contributed by atoms with van der Waals surface area (Å²) in [5.41, 5.74) is 3.62. The molecule has 3 aromatic rings. The molecule has 0 radical (unpaired) electrons. The van der Waals surface area contributed by atoms with Gasteiger partial charge in [0.05, 0.1) is 36.3 Å². The first kappa shape index (κ1) is 31.5. The molecular weight excluding hydrogens is 561 g/mol. The first-order valence-corrected chi connectivity index (χ1v) is 18.7. The number of halogens is 1. The number of carbonyl (C=O) groups is 1. The molecule has 2 aliphatic heterocycles. The fraction of sp³-hybridized carbons (Fsp3) is 0.545. The van der Waals surface area contributed by atoms with Gasteiger partial charge in [0.15, 0.2) is 0 Å². The van der Waals surface area contributed by atoms with E-state index in [1.165, 1.54) is 5.56 Å². The van der Waals surface area contributed by atoms with Crippen molar-refractivity contribution in [3.05, 3.63) is 77.6 Å². The number of aliphatic hydroxyl groups excluding tert-OH is 1. The van der Waals surface area contributed by atoms with E-state index >= 15 is 4.11 Å². The van der Waals surface area contributed by atoms with Crippen LogP contribution in [-0.4, -0.2) is 66.3 Å². The maximum atomic E-state index is 15.6. The number of anilines is 1. The molecular formula is C33H46FN5O3Si. The van der Waals surface area contributed by atoms with E-state index in [0.29, 0.717) is 13.0 Å². The molecule has 0 bridgehead atoms. The number of aromatic nitrogens is 3. The predicted octanol–water partition coefficient (Wildman–Crippen LogP) is 5.31. The quantitative estimate of drug-likeness (QED) is 0.191. The lowest BCUT2D eigenvalue weighted by molar-refractivity contribution is -0.120. The largest absolute Gasteiger partial charge is 0.395 e. The number of amides is 1. The van der Waals surface area contributed by atoms with Crippen LogP contribution in [0.1, 0.15) is 55.3 Å². The summed E-state index contributed by atoms with van der Waals surface area (Å²) in [5, 5.41) is 25.0. The van der Waals surface area contributed by atoms with Crippen LogP contribution in [-0.2, 0) is 22.5 Å². The zero-order valence-electron chi connectivity index (χ0n) is 25.6. The number of aryl methyl sites for hydroxylation is 2. The summed E-state index contributed by atoms with van der Waals surface area (Å²) < 4.78 is 24.0. The Hall–Kier alpha value is -2.92. The van der Waals surface area contributed by atoms with E-state index in [9.17, 15) is 9.90 Å². The minimum absolute atomic E-state index is 0.0149. The summed E-state index contributed by atoms with van der Waals surface area (Å²) >= 11 is 0. The Morgan fingerprint density at radius 3 is 2.60 bits per heavy atom. The van der Waals surface area contributed by atoms with Crippen LogP contribution in [0.15, 0.2) is 60.8 Å². The number of aliphatic hydroxyl groups is 1. The van der Waals surface area contributed by atoms with E-state index in [1.54, 1.807) is 17.8 Å². The van der Waals surface area contributed by atoms with E-state index < -0.39 is 8.41 Å². The van der Waals surface area contributed by atoms with Crippen LogP contribution in [0.5, 0.6) is 0 Å². The number of piperidine rings is 1. The molecule has 0 spiro atoms. The van der Waals surface area contributed by atoms with Crippen molar-refractivity contribution in [2.75, 3.05) is 25.0 Å². The lowest BCUT2D eigenvalue weighted by Crippen LogP contribution is -2.37. The lowest BCUT2D eigenvalue weighted by Gasteiger charge is -2.28. The van der Waals surface area contributed by atoms with Crippen LogP contribution < -0.4 is 10.6 Å². The second-order valence-electron chi connectivity index (χ2n) is 12.8. The molecule has 2 saturated heterocycles.